The Morgan fingerprint density at radius 3 is 1.39 bits per heavy atom. The van der Waals surface area contributed by atoms with Crippen molar-refractivity contribution in [3.05, 3.63) is 23.3 Å². The summed E-state index contributed by atoms with van der Waals surface area (Å²) in [5, 5.41) is 0. The molecule has 1 aromatic carbocycles. The van der Waals surface area contributed by atoms with Gasteiger partial charge >= 0.3 is 0 Å². The first-order chi connectivity index (χ1) is 16.9. The van der Waals surface area contributed by atoms with E-state index < -0.39 is 41.6 Å². The average Bonchev–Trinajstić information content (AvgIpc) is 2.80. The van der Waals surface area contributed by atoms with Crippen LogP contribution in [0.4, 0.5) is 0 Å². The minimum Gasteiger partial charge on any atom is -0.385 e. The van der Waals surface area contributed by atoms with Crippen molar-refractivity contribution in [3.8, 4) is 0 Å². The maximum atomic E-state index is 13.1. The van der Waals surface area contributed by atoms with Gasteiger partial charge in [0.25, 0.3) is 0 Å². The molecule has 0 bridgehead atoms. The van der Waals surface area contributed by atoms with Crippen molar-refractivity contribution in [3.63, 3.8) is 0 Å². The molecule has 0 aliphatic carbocycles. The second-order valence-corrected chi connectivity index (χ2v) is 15.2. The van der Waals surface area contributed by atoms with Gasteiger partial charge in [0.05, 0.1) is 42.9 Å². The monoisotopic (exact) mass is 588 g/mol. The Morgan fingerprint density at radius 2 is 1.06 bits per heavy atom. The Balaban J connectivity index is 2.74. The van der Waals surface area contributed by atoms with Gasteiger partial charge < -0.3 is 9.47 Å². The normalized spacial score (nSPS) is 14.1. The van der Waals surface area contributed by atoms with Gasteiger partial charge in [-0.1, -0.05) is 0 Å². The van der Waals surface area contributed by atoms with E-state index in [4.69, 9.17) is 9.47 Å². The van der Waals surface area contributed by atoms with Crippen molar-refractivity contribution in [2.45, 2.75) is 49.3 Å². The fourth-order valence-electron chi connectivity index (χ4n) is 3.13. The Morgan fingerprint density at radius 1 is 0.694 bits per heavy atom. The quantitative estimate of drug-likeness (QED) is 0.216. The molecule has 36 heavy (non-hydrogen) atoms. The van der Waals surface area contributed by atoms with Gasteiger partial charge in [-0.2, -0.15) is 0 Å². The van der Waals surface area contributed by atoms with E-state index in [0.717, 1.165) is 11.1 Å². The SMILES string of the molecule is COCCCNS(=O)(=O)CCCS(=O)c1cc(C)c(C)cc1S(=O)CCCS(=O)(=O)NCCCOC. The van der Waals surface area contributed by atoms with Crippen LogP contribution in [0.25, 0.3) is 0 Å². The molecule has 2 unspecified atom stereocenters. The van der Waals surface area contributed by atoms with Crippen LogP contribution >= 0.6 is 0 Å². The van der Waals surface area contributed by atoms with E-state index in [1.807, 2.05) is 13.8 Å². The van der Waals surface area contributed by atoms with E-state index in [9.17, 15) is 25.3 Å². The smallest absolute Gasteiger partial charge is 0.211 e. The number of hydrogen-bond donors (Lipinski definition) is 2. The summed E-state index contributed by atoms with van der Waals surface area (Å²) in [7, 11) is -6.99. The van der Waals surface area contributed by atoms with E-state index in [1.165, 1.54) is 0 Å². The summed E-state index contributed by atoms with van der Waals surface area (Å²) in [6, 6.07) is 3.45. The van der Waals surface area contributed by atoms with Crippen LogP contribution in [0.2, 0.25) is 0 Å². The maximum absolute atomic E-state index is 13.1. The highest BCUT2D eigenvalue weighted by Crippen LogP contribution is 2.24. The second kappa shape index (κ2) is 17.0. The van der Waals surface area contributed by atoms with Gasteiger partial charge in [0.2, 0.25) is 20.0 Å². The topological polar surface area (TPSA) is 145 Å². The summed E-state index contributed by atoms with van der Waals surface area (Å²) in [5.74, 6) is -0.120. The summed E-state index contributed by atoms with van der Waals surface area (Å²) in [5.41, 5.74) is 1.77. The van der Waals surface area contributed by atoms with E-state index in [-0.39, 0.29) is 48.9 Å². The Kier molecular flexibility index (Phi) is 15.7. The molecule has 0 radical (unpaired) electrons. The van der Waals surface area contributed by atoms with E-state index in [2.05, 4.69) is 9.44 Å². The third-order valence-corrected chi connectivity index (χ3v) is 11.3. The van der Waals surface area contributed by atoms with Crippen molar-refractivity contribution in [2.75, 3.05) is 63.5 Å². The lowest BCUT2D eigenvalue weighted by atomic mass is 10.1. The number of methoxy groups -OCH3 is 2. The van der Waals surface area contributed by atoms with Gasteiger partial charge in [-0.05, 0) is 62.8 Å². The van der Waals surface area contributed by atoms with Crippen LogP contribution in [0.3, 0.4) is 0 Å². The molecule has 0 amide bonds. The largest absolute Gasteiger partial charge is 0.385 e. The molecular weight excluding hydrogens is 549 g/mol. The number of sulfonamides is 2. The fourth-order valence-corrected chi connectivity index (χ4v) is 8.74. The third kappa shape index (κ3) is 13.2. The molecule has 0 aliphatic rings. The first kappa shape index (κ1) is 33.3. The van der Waals surface area contributed by atoms with Crippen LogP contribution in [0.5, 0.6) is 0 Å². The fraction of sp³-hybridized carbons (Fsp3) is 0.727. The summed E-state index contributed by atoms with van der Waals surface area (Å²) in [6.45, 7) is 5.18. The first-order valence-corrected chi connectivity index (χ1v) is 17.7. The number of rotatable bonds is 20. The van der Waals surface area contributed by atoms with Crippen LogP contribution in [0.1, 0.15) is 36.8 Å². The molecule has 2 N–H and O–H groups in total. The Hall–Kier alpha value is -0.740. The molecule has 14 heteroatoms. The summed E-state index contributed by atoms with van der Waals surface area (Å²) >= 11 is 0. The van der Waals surface area contributed by atoms with Gasteiger partial charge in [-0.3, -0.25) is 8.42 Å². The molecule has 2 atom stereocenters. The van der Waals surface area contributed by atoms with Crippen molar-refractivity contribution in [2.24, 2.45) is 0 Å². The van der Waals surface area contributed by atoms with Crippen molar-refractivity contribution in [1.82, 2.24) is 9.44 Å². The second-order valence-electron chi connectivity index (χ2n) is 8.31. The minimum atomic E-state index is -3.49. The summed E-state index contributed by atoms with van der Waals surface area (Å²) < 4.78 is 89.4. The lowest BCUT2D eigenvalue weighted by molar-refractivity contribution is 0.196. The number of ether oxygens (including phenoxy) is 2. The van der Waals surface area contributed by atoms with Crippen LogP contribution in [-0.4, -0.2) is 88.8 Å². The molecule has 10 nitrogen and oxygen atoms in total. The van der Waals surface area contributed by atoms with Gasteiger partial charge in [0, 0.05) is 52.0 Å². The average molecular weight is 589 g/mol. The molecule has 0 aliphatic heterocycles. The molecule has 0 spiro atoms. The zero-order valence-corrected chi connectivity index (χ0v) is 24.8. The molecule has 0 fully saturated rings. The van der Waals surface area contributed by atoms with Gasteiger partial charge in [0.15, 0.2) is 0 Å². The highest BCUT2D eigenvalue weighted by atomic mass is 32.2. The zero-order valence-electron chi connectivity index (χ0n) is 21.5. The highest BCUT2D eigenvalue weighted by Gasteiger charge is 2.19. The number of aryl methyl sites for hydroxylation is 2. The molecule has 210 valence electrons. The number of nitrogens with one attached hydrogen (secondary N) is 2. The zero-order chi connectivity index (χ0) is 27.2. The van der Waals surface area contributed by atoms with Gasteiger partial charge in [-0.25, -0.2) is 26.3 Å². The van der Waals surface area contributed by atoms with Crippen LogP contribution in [0, 0.1) is 13.8 Å². The molecule has 1 aromatic rings. The van der Waals surface area contributed by atoms with Crippen LogP contribution in [0.15, 0.2) is 21.9 Å². The molecule has 0 heterocycles. The standard InChI is InChI=1S/C22H40N2O8S4/c1-19-17-21(33(25)13-7-15-35(27,28)23-9-5-11-31-3)22(18-20(19)2)34(26)14-8-16-36(29,30)24-10-6-12-32-4/h17-18,23-24H,5-16H2,1-4H3. The summed E-state index contributed by atoms with van der Waals surface area (Å²) in [6.07, 6.45) is 1.48. The maximum Gasteiger partial charge on any atom is 0.211 e. The van der Waals surface area contributed by atoms with Crippen molar-refractivity contribution < 1.29 is 34.7 Å². The van der Waals surface area contributed by atoms with Crippen molar-refractivity contribution >= 4 is 41.6 Å². The lowest BCUT2D eigenvalue weighted by Crippen LogP contribution is -2.28. The summed E-state index contributed by atoms with van der Waals surface area (Å²) in [4.78, 5) is 0.810. The van der Waals surface area contributed by atoms with E-state index in [1.54, 1.807) is 26.4 Å². The molecule has 0 saturated carbocycles. The van der Waals surface area contributed by atoms with Crippen LogP contribution < -0.4 is 9.44 Å². The molecule has 1 rings (SSSR count). The van der Waals surface area contributed by atoms with Crippen molar-refractivity contribution in [1.29, 1.82) is 0 Å². The van der Waals surface area contributed by atoms with Gasteiger partial charge in [0.1, 0.15) is 0 Å². The lowest BCUT2D eigenvalue weighted by Gasteiger charge is -2.13. The predicted molar refractivity (Wildman–Crippen MR) is 144 cm³/mol. The van der Waals surface area contributed by atoms with Crippen LogP contribution in [-0.2, 0) is 51.1 Å². The molecular formula is C22H40N2O8S4. The number of benzene rings is 1. The highest BCUT2D eigenvalue weighted by molar-refractivity contribution is 7.90. The molecule has 0 aromatic heterocycles. The van der Waals surface area contributed by atoms with E-state index in [0.29, 0.717) is 35.8 Å². The first-order valence-electron chi connectivity index (χ1n) is 11.7. The minimum absolute atomic E-state index is 0.103. The third-order valence-electron chi connectivity index (χ3n) is 5.23. The van der Waals surface area contributed by atoms with Gasteiger partial charge in [-0.15, -0.1) is 0 Å². The predicted octanol–water partition coefficient (Wildman–Crippen LogP) is 1.21. The number of hydrogen-bond acceptors (Lipinski definition) is 8. The van der Waals surface area contributed by atoms with E-state index >= 15 is 0 Å². The Bertz CT molecular complexity index is 991. The molecule has 0 saturated heterocycles. The Labute approximate surface area is 221 Å².